The summed E-state index contributed by atoms with van der Waals surface area (Å²) in [4.78, 5) is 0. The number of hydrogen-bond acceptors (Lipinski definition) is 1. The van der Waals surface area contributed by atoms with Crippen LogP contribution in [-0.4, -0.2) is 6.54 Å². The molecule has 112 valence electrons. The Bertz CT molecular complexity index is 518. The van der Waals surface area contributed by atoms with Crippen molar-refractivity contribution in [2.75, 3.05) is 6.54 Å². The predicted octanol–water partition coefficient (Wildman–Crippen LogP) is 4.92. The number of rotatable bonds is 8. The van der Waals surface area contributed by atoms with E-state index in [0.717, 1.165) is 25.8 Å². The van der Waals surface area contributed by atoms with Crippen LogP contribution in [0.5, 0.6) is 0 Å². The fourth-order valence-corrected chi connectivity index (χ4v) is 2.69. The molecule has 0 spiro atoms. The number of benzene rings is 2. The molecule has 0 aliphatic rings. The zero-order valence-corrected chi connectivity index (χ0v) is 13.3. The molecule has 1 N–H and O–H groups in total. The molecule has 0 aromatic heterocycles. The molecule has 0 bridgehead atoms. The highest BCUT2D eigenvalue weighted by molar-refractivity contribution is 5.26. The lowest BCUT2D eigenvalue weighted by Gasteiger charge is -2.20. The highest BCUT2D eigenvalue weighted by Crippen LogP contribution is 2.21. The lowest BCUT2D eigenvalue weighted by Crippen LogP contribution is -2.22. The first kappa shape index (κ1) is 15.8. The van der Waals surface area contributed by atoms with Crippen LogP contribution in [0.15, 0.2) is 54.6 Å². The molecule has 0 heterocycles. The van der Waals surface area contributed by atoms with E-state index in [1.54, 1.807) is 0 Å². The summed E-state index contributed by atoms with van der Waals surface area (Å²) in [5.74, 6) is 0. The normalized spacial score (nSPS) is 12.3. The molecule has 0 radical (unpaired) electrons. The van der Waals surface area contributed by atoms with E-state index in [9.17, 15) is 0 Å². The van der Waals surface area contributed by atoms with Gasteiger partial charge in [-0.1, -0.05) is 68.4 Å². The Morgan fingerprint density at radius 2 is 1.67 bits per heavy atom. The van der Waals surface area contributed by atoms with Crippen LogP contribution in [0.2, 0.25) is 0 Å². The molecule has 2 rings (SSSR count). The van der Waals surface area contributed by atoms with E-state index in [1.165, 1.54) is 23.1 Å². The Morgan fingerprint density at radius 1 is 0.905 bits per heavy atom. The topological polar surface area (TPSA) is 12.0 Å². The standard InChI is InChI=1S/C20H27N/c1-3-15-21-20(14-13-18-9-6-5-7-10-18)19-12-8-11-17(4-2)16-19/h5-12,16,20-21H,3-4,13-15H2,1-2H3. The molecule has 1 nitrogen and oxygen atoms in total. The molecule has 1 unspecified atom stereocenters. The Morgan fingerprint density at radius 3 is 2.38 bits per heavy atom. The van der Waals surface area contributed by atoms with Crippen LogP contribution < -0.4 is 5.32 Å². The van der Waals surface area contributed by atoms with Gasteiger partial charge >= 0.3 is 0 Å². The van der Waals surface area contributed by atoms with Crippen molar-refractivity contribution < 1.29 is 0 Å². The fraction of sp³-hybridized carbons (Fsp3) is 0.400. The Hall–Kier alpha value is -1.60. The van der Waals surface area contributed by atoms with Crippen molar-refractivity contribution in [1.29, 1.82) is 0 Å². The maximum atomic E-state index is 3.71. The van der Waals surface area contributed by atoms with E-state index >= 15 is 0 Å². The van der Waals surface area contributed by atoms with Crippen LogP contribution in [0, 0.1) is 0 Å². The monoisotopic (exact) mass is 281 g/mol. The second kappa shape index (κ2) is 8.63. The first-order chi connectivity index (χ1) is 10.3. The minimum absolute atomic E-state index is 0.455. The molecular weight excluding hydrogens is 254 g/mol. The van der Waals surface area contributed by atoms with Crippen LogP contribution in [-0.2, 0) is 12.8 Å². The average Bonchev–Trinajstić information content (AvgIpc) is 2.56. The van der Waals surface area contributed by atoms with Crippen molar-refractivity contribution in [3.8, 4) is 0 Å². The van der Waals surface area contributed by atoms with Gasteiger partial charge in [-0.25, -0.2) is 0 Å². The molecule has 21 heavy (non-hydrogen) atoms. The molecule has 1 atom stereocenters. The van der Waals surface area contributed by atoms with Crippen molar-refractivity contribution in [3.63, 3.8) is 0 Å². The van der Waals surface area contributed by atoms with Crippen LogP contribution in [0.4, 0.5) is 0 Å². The molecule has 0 aliphatic heterocycles. The van der Waals surface area contributed by atoms with Crippen LogP contribution in [0.3, 0.4) is 0 Å². The molecule has 2 aromatic rings. The van der Waals surface area contributed by atoms with E-state index in [1.807, 2.05) is 0 Å². The van der Waals surface area contributed by atoms with Crippen LogP contribution in [0.25, 0.3) is 0 Å². The molecule has 0 amide bonds. The Kier molecular flexibility index (Phi) is 6.49. The third-order valence-corrected chi connectivity index (χ3v) is 3.97. The van der Waals surface area contributed by atoms with E-state index in [2.05, 4.69) is 73.8 Å². The molecule has 0 saturated carbocycles. The maximum Gasteiger partial charge on any atom is 0.0323 e. The van der Waals surface area contributed by atoms with Gasteiger partial charge in [-0.2, -0.15) is 0 Å². The summed E-state index contributed by atoms with van der Waals surface area (Å²) >= 11 is 0. The Labute approximate surface area is 129 Å². The maximum absolute atomic E-state index is 3.71. The van der Waals surface area contributed by atoms with E-state index in [0.29, 0.717) is 6.04 Å². The van der Waals surface area contributed by atoms with Gasteiger partial charge in [0.05, 0.1) is 0 Å². The van der Waals surface area contributed by atoms with E-state index in [4.69, 9.17) is 0 Å². The van der Waals surface area contributed by atoms with Gasteiger partial charge in [-0.15, -0.1) is 0 Å². The van der Waals surface area contributed by atoms with Gasteiger partial charge in [0.1, 0.15) is 0 Å². The second-order valence-electron chi connectivity index (χ2n) is 5.63. The predicted molar refractivity (Wildman–Crippen MR) is 91.6 cm³/mol. The second-order valence-corrected chi connectivity index (χ2v) is 5.63. The molecule has 2 aromatic carbocycles. The largest absolute Gasteiger partial charge is 0.310 e. The van der Waals surface area contributed by atoms with Gasteiger partial charge in [0.25, 0.3) is 0 Å². The van der Waals surface area contributed by atoms with Crippen molar-refractivity contribution in [3.05, 3.63) is 71.3 Å². The summed E-state index contributed by atoms with van der Waals surface area (Å²) in [6, 6.07) is 20.3. The molecular formula is C20H27N. The minimum Gasteiger partial charge on any atom is -0.310 e. The summed E-state index contributed by atoms with van der Waals surface area (Å²) in [5.41, 5.74) is 4.28. The summed E-state index contributed by atoms with van der Waals surface area (Å²) < 4.78 is 0. The lowest BCUT2D eigenvalue weighted by atomic mass is 9.97. The lowest BCUT2D eigenvalue weighted by molar-refractivity contribution is 0.499. The van der Waals surface area contributed by atoms with Crippen molar-refractivity contribution in [2.24, 2.45) is 0 Å². The molecule has 0 aliphatic carbocycles. The van der Waals surface area contributed by atoms with Crippen molar-refractivity contribution in [2.45, 2.75) is 45.6 Å². The molecule has 0 fully saturated rings. The SMILES string of the molecule is CCCNC(CCc1ccccc1)c1cccc(CC)c1. The number of nitrogens with one attached hydrogen (secondary N) is 1. The van der Waals surface area contributed by atoms with Gasteiger partial charge in [-0.05, 0) is 48.9 Å². The van der Waals surface area contributed by atoms with Gasteiger partial charge in [0, 0.05) is 6.04 Å². The van der Waals surface area contributed by atoms with E-state index in [-0.39, 0.29) is 0 Å². The highest BCUT2D eigenvalue weighted by atomic mass is 14.9. The molecule has 0 saturated heterocycles. The third kappa shape index (κ3) is 5.02. The van der Waals surface area contributed by atoms with Gasteiger partial charge in [0.15, 0.2) is 0 Å². The average molecular weight is 281 g/mol. The molecule has 1 heteroatoms. The zero-order chi connectivity index (χ0) is 14.9. The quantitative estimate of drug-likeness (QED) is 0.724. The summed E-state index contributed by atoms with van der Waals surface area (Å²) in [6.07, 6.45) is 4.55. The minimum atomic E-state index is 0.455. The number of aryl methyl sites for hydroxylation is 2. The van der Waals surface area contributed by atoms with E-state index < -0.39 is 0 Å². The smallest absolute Gasteiger partial charge is 0.0323 e. The zero-order valence-electron chi connectivity index (χ0n) is 13.3. The number of hydrogen-bond donors (Lipinski definition) is 1. The summed E-state index contributed by atoms with van der Waals surface area (Å²) in [6.45, 7) is 5.52. The first-order valence-corrected chi connectivity index (χ1v) is 8.19. The van der Waals surface area contributed by atoms with Gasteiger partial charge in [-0.3, -0.25) is 0 Å². The Balaban J connectivity index is 2.06. The summed E-state index contributed by atoms with van der Waals surface area (Å²) in [7, 11) is 0. The summed E-state index contributed by atoms with van der Waals surface area (Å²) in [5, 5.41) is 3.71. The highest BCUT2D eigenvalue weighted by Gasteiger charge is 2.11. The fourth-order valence-electron chi connectivity index (χ4n) is 2.69. The van der Waals surface area contributed by atoms with Gasteiger partial charge < -0.3 is 5.32 Å². The first-order valence-electron chi connectivity index (χ1n) is 8.19. The van der Waals surface area contributed by atoms with Crippen molar-refractivity contribution >= 4 is 0 Å². The van der Waals surface area contributed by atoms with Gasteiger partial charge in [0.2, 0.25) is 0 Å². The third-order valence-electron chi connectivity index (χ3n) is 3.97. The van der Waals surface area contributed by atoms with Crippen molar-refractivity contribution in [1.82, 2.24) is 5.32 Å². The van der Waals surface area contributed by atoms with Crippen LogP contribution >= 0.6 is 0 Å². The van der Waals surface area contributed by atoms with Crippen LogP contribution in [0.1, 0.15) is 49.4 Å².